The highest BCUT2D eigenvalue weighted by Gasteiger charge is 2.30. The van der Waals surface area contributed by atoms with Crippen molar-refractivity contribution in [3.63, 3.8) is 0 Å². The van der Waals surface area contributed by atoms with Crippen LogP contribution < -0.4 is 5.32 Å². The maximum atomic E-state index is 11.8. The monoisotopic (exact) mass is 272 g/mol. The maximum absolute atomic E-state index is 11.8. The maximum Gasteiger partial charge on any atom is 0.317 e. The molecule has 0 aromatic carbocycles. The van der Waals surface area contributed by atoms with E-state index in [2.05, 4.69) is 10.1 Å². The van der Waals surface area contributed by atoms with E-state index >= 15 is 0 Å². The van der Waals surface area contributed by atoms with Crippen molar-refractivity contribution in [3.05, 3.63) is 0 Å². The fraction of sp³-hybridized carbons (Fsp3) is 0.750. The number of rotatable bonds is 5. The van der Waals surface area contributed by atoms with Gasteiger partial charge in [-0.3, -0.25) is 9.59 Å². The molecule has 0 heterocycles. The topological polar surface area (TPSA) is 95.9 Å². The highest BCUT2D eigenvalue weighted by atomic mass is 16.5. The summed E-state index contributed by atoms with van der Waals surface area (Å²) >= 11 is 0. The molecule has 1 aliphatic rings. The molecule has 19 heavy (non-hydrogen) atoms. The van der Waals surface area contributed by atoms with Gasteiger partial charge < -0.3 is 20.1 Å². The van der Waals surface area contributed by atoms with E-state index in [-0.39, 0.29) is 36.9 Å². The van der Waals surface area contributed by atoms with E-state index in [0.29, 0.717) is 19.3 Å². The summed E-state index contributed by atoms with van der Waals surface area (Å²) in [5.41, 5.74) is 0. The van der Waals surface area contributed by atoms with Gasteiger partial charge in [0.05, 0.1) is 19.4 Å². The number of carboxylic acid groups (broad SMARTS) is 1. The molecule has 0 saturated heterocycles. The van der Waals surface area contributed by atoms with Crippen LogP contribution >= 0.6 is 0 Å². The molecule has 0 spiro atoms. The molecule has 2 N–H and O–H groups in total. The molecule has 1 rings (SSSR count). The molecule has 108 valence electrons. The number of amides is 2. The van der Waals surface area contributed by atoms with E-state index in [1.165, 1.54) is 12.0 Å². The number of nitrogens with one attached hydrogen (secondary N) is 1. The normalized spacial score (nSPS) is 21.8. The standard InChI is InChI=1S/C12H20N2O5/c1-14(6-5-10(15)19-2)12(18)13-9-4-3-8(7-9)11(16)17/h8-9H,3-7H2,1-2H3,(H,13,18)(H,16,17). The minimum Gasteiger partial charge on any atom is -0.481 e. The fourth-order valence-corrected chi connectivity index (χ4v) is 2.08. The second-order valence-electron chi connectivity index (χ2n) is 4.74. The summed E-state index contributed by atoms with van der Waals surface area (Å²) in [5, 5.41) is 11.6. The Morgan fingerprint density at radius 3 is 2.58 bits per heavy atom. The molecule has 7 heteroatoms. The number of carbonyl (C=O) groups is 3. The molecule has 0 radical (unpaired) electrons. The Bertz CT molecular complexity index is 358. The summed E-state index contributed by atoms with van der Waals surface area (Å²) in [4.78, 5) is 34.9. The average Bonchev–Trinajstić information content (AvgIpc) is 2.83. The lowest BCUT2D eigenvalue weighted by Gasteiger charge is -2.20. The number of ether oxygens (including phenoxy) is 1. The molecule has 0 aromatic rings. The SMILES string of the molecule is COC(=O)CCN(C)C(=O)NC1CCC(C(=O)O)C1. The first-order chi connectivity index (χ1) is 8.93. The molecule has 1 saturated carbocycles. The van der Waals surface area contributed by atoms with Gasteiger partial charge in [-0.2, -0.15) is 0 Å². The molecule has 2 amide bonds. The van der Waals surface area contributed by atoms with Gasteiger partial charge in [0.15, 0.2) is 0 Å². The van der Waals surface area contributed by atoms with Gasteiger partial charge in [0.1, 0.15) is 0 Å². The number of methoxy groups -OCH3 is 1. The van der Waals surface area contributed by atoms with E-state index in [0.717, 1.165) is 0 Å². The Morgan fingerprint density at radius 1 is 1.37 bits per heavy atom. The molecule has 0 bridgehead atoms. The second kappa shape index (κ2) is 6.96. The van der Waals surface area contributed by atoms with Crippen LogP contribution in [0.15, 0.2) is 0 Å². The first-order valence-corrected chi connectivity index (χ1v) is 6.25. The van der Waals surface area contributed by atoms with E-state index in [4.69, 9.17) is 5.11 Å². The zero-order chi connectivity index (χ0) is 14.4. The number of aliphatic carboxylic acids is 1. The van der Waals surface area contributed by atoms with Crippen molar-refractivity contribution in [1.29, 1.82) is 0 Å². The lowest BCUT2D eigenvalue weighted by atomic mass is 10.1. The molecule has 1 fully saturated rings. The summed E-state index contributed by atoms with van der Waals surface area (Å²) < 4.78 is 4.49. The van der Waals surface area contributed by atoms with Crippen LogP contribution in [0.4, 0.5) is 4.79 Å². The van der Waals surface area contributed by atoms with Gasteiger partial charge in [-0.1, -0.05) is 0 Å². The summed E-state index contributed by atoms with van der Waals surface area (Å²) in [6.07, 6.45) is 1.87. The highest BCUT2D eigenvalue weighted by molar-refractivity contribution is 5.76. The number of nitrogens with zero attached hydrogens (tertiary/aromatic N) is 1. The first-order valence-electron chi connectivity index (χ1n) is 6.25. The summed E-state index contributed by atoms with van der Waals surface area (Å²) in [5.74, 6) is -1.55. The Kier molecular flexibility index (Phi) is 5.59. The van der Waals surface area contributed by atoms with Gasteiger partial charge >= 0.3 is 18.0 Å². The number of carbonyl (C=O) groups excluding carboxylic acids is 2. The third kappa shape index (κ3) is 4.76. The van der Waals surface area contributed by atoms with Crippen molar-refractivity contribution < 1.29 is 24.2 Å². The molecule has 2 atom stereocenters. The van der Waals surface area contributed by atoms with Crippen LogP contribution in [-0.2, 0) is 14.3 Å². The molecule has 0 aromatic heterocycles. The minimum atomic E-state index is -0.809. The third-order valence-electron chi connectivity index (χ3n) is 3.34. The predicted octanol–water partition coefficient (Wildman–Crippen LogP) is 0.444. The van der Waals surface area contributed by atoms with E-state index in [1.54, 1.807) is 7.05 Å². The van der Waals surface area contributed by atoms with E-state index in [9.17, 15) is 14.4 Å². The number of hydrogen-bond acceptors (Lipinski definition) is 4. The van der Waals surface area contributed by atoms with Crippen molar-refractivity contribution in [2.75, 3.05) is 20.7 Å². The Labute approximate surface area is 111 Å². The summed E-state index contributed by atoms with van der Waals surface area (Å²) in [6.45, 7) is 0.271. The van der Waals surface area contributed by atoms with Gasteiger partial charge in [-0.15, -0.1) is 0 Å². The molecule has 0 aliphatic heterocycles. The minimum absolute atomic E-state index is 0.103. The first kappa shape index (κ1) is 15.3. The van der Waals surface area contributed by atoms with Crippen LogP contribution in [0.2, 0.25) is 0 Å². The lowest BCUT2D eigenvalue weighted by molar-refractivity contribution is -0.142. The van der Waals surface area contributed by atoms with Crippen LogP contribution in [0.5, 0.6) is 0 Å². The molecular weight excluding hydrogens is 252 g/mol. The quantitative estimate of drug-likeness (QED) is 0.708. The van der Waals surface area contributed by atoms with Gasteiger partial charge in [-0.05, 0) is 19.3 Å². The van der Waals surface area contributed by atoms with Gasteiger partial charge in [-0.25, -0.2) is 4.79 Å². The number of esters is 1. The van der Waals surface area contributed by atoms with Crippen molar-refractivity contribution in [1.82, 2.24) is 10.2 Å². The largest absolute Gasteiger partial charge is 0.481 e. The van der Waals surface area contributed by atoms with E-state index in [1.807, 2.05) is 0 Å². The fourth-order valence-electron chi connectivity index (χ4n) is 2.08. The van der Waals surface area contributed by atoms with E-state index < -0.39 is 5.97 Å². The lowest BCUT2D eigenvalue weighted by Crippen LogP contribution is -2.43. The zero-order valence-corrected chi connectivity index (χ0v) is 11.2. The van der Waals surface area contributed by atoms with Crippen molar-refractivity contribution >= 4 is 18.0 Å². The number of urea groups is 1. The Balaban J connectivity index is 2.31. The predicted molar refractivity (Wildman–Crippen MR) is 66.6 cm³/mol. The van der Waals surface area contributed by atoms with Crippen LogP contribution in [0.25, 0.3) is 0 Å². The van der Waals surface area contributed by atoms with Gasteiger partial charge in [0.25, 0.3) is 0 Å². The third-order valence-corrected chi connectivity index (χ3v) is 3.34. The van der Waals surface area contributed by atoms with Crippen LogP contribution in [0.3, 0.4) is 0 Å². The Hall–Kier alpha value is -1.79. The van der Waals surface area contributed by atoms with Crippen molar-refractivity contribution in [3.8, 4) is 0 Å². The summed E-state index contributed by atoms with van der Waals surface area (Å²) in [7, 11) is 2.88. The average molecular weight is 272 g/mol. The van der Waals surface area contributed by atoms with Crippen LogP contribution in [0.1, 0.15) is 25.7 Å². The van der Waals surface area contributed by atoms with Gasteiger partial charge in [0.2, 0.25) is 0 Å². The van der Waals surface area contributed by atoms with Crippen molar-refractivity contribution in [2.45, 2.75) is 31.7 Å². The second-order valence-corrected chi connectivity index (χ2v) is 4.74. The van der Waals surface area contributed by atoms with Crippen LogP contribution in [0, 0.1) is 5.92 Å². The number of hydrogen-bond donors (Lipinski definition) is 2. The Morgan fingerprint density at radius 2 is 2.05 bits per heavy atom. The smallest absolute Gasteiger partial charge is 0.317 e. The van der Waals surface area contributed by atoms with Crippen LogP contribution in [-0.4, -0.2) is 54.7 Å². The molecular formula is C12H20N2O5. The molecule has 7 nitrogen and oxygen atoms in total. The highest BCUT2D eigenvalue weighted by Crippen LogP contribution is 2.25. The number of carboxylic acids is 1. The van der Waals surface area contributed by atoms with Crippen molar-refractivity contribution in [2.24, 2.45) is 5.92 Å². The molecule has 2 unspecified atom stereocenters. The summed E-state index contributed by atoms with van der Waals surface area (Å²) in [6, 6.07) is -0.394. The molecule has 1 aliphatic carbocycles. The van der Waals surface area contributed by atoms with Gasteiger partial charge in [0, 0.05) is 19.6 Å². The zero-order valence-electron chi connectivity index (χ0n) is 11.2.